The van der Waals surface area contributed by atoms with Gasteiger partial charge in [0.15, 0.2) is 0 Å². The fraction of sp³-hybridized carbons (Fsp3) is 0.375. The summed E-state index contributed by atoms with van der Waals surface area (Å²) in [5, 5.41) is 2.16. The molecule has 0 radical (unpaired) electrons. The van der Waals surface area contributed by atoms with E-state index in [1.54, 1.807) is 0 Å². The molecule has 18 heavy (non-hydrogen) atoms. The number of hydrogen-bond donors (Lipinski definition) is 1. The molecule has 94 valence electrons. The Morgan fingerprint density at radius 3 is 2.33 bits per heavy atom. The van der Waals surface area contributed by atoms with E-state index in [1.165, 1.54) is 28.8 Å². The van der Waals surface area contributed by atoms with Crippen molar-refractivity contribution in [2.45, 2.75) is 25.7 Å². The van der Waals surface area contributed by atoms with Crippen LogP contribution in [0.1, 0.15) is 22.4 Å². The minimum absolute atomic E-state index is 0.299. The quantitative estimate of drug-likeness (QED) is 0.892. The smallest absolute Gasteiger partial charge is 0.00454 e. The summed E-state index contributed by atoms with van der Waals surface area (Å²) in [6, 6.07) is 13.2. The Labute approximate surface area is 113 Å². The number of benzene rings is 1. The van der Waals surface area contributed by atoms with Crippen LogP contribution in [0.15, 0.2) is 41.8 Å². The SMILES string of the molecule is NCC1(CCc2cccs2)Cc2ccccc2C1. The molecule has 3 rings (SSSR count). The molecule has 1 heterocycles. The zero-order chi connectivity index (χ0) is 12.4. The average molecular weight is 257 g/mol. The fourth-order valence-corrected chi connectivity index (χ4v) is 3.75. The molecule has 1 aliphatic rings. The Kier molecular flexibility index (Phi) is 3.23. The summed E-state index contributed by atoms with van der Waals surface area (Å²) >= 11 is 1.86. The molecule has 2 aromatic rings. The van der Waals surface area contributed by atoms with E-state index < -0.39 is 0 Å². The van der Waals surface area contributed by atoms with Crippen LogP contribution in [0.3, 0.4) is 0 Å². The maximum absolute atomic E-state index is 6.09. The van der Waals surface area contributed by atoms with E-state index >= 15 is 0 Å². The molecule has 1 aromatic heterocycles. The second-order valence-corrected chi connectivity index (χ2v) is 6.44. The van der Waals surface area contributed by atoms with Gasteiger partial charge in [0.05, 0.1) is 0 Å². The first-order valence-corrected chi connectivity index (χ1v) is 7.49. The van der Waals surface area contributed by atoms with Crippen molar-refractivity contribution < 1.29 is 0 Å². The first-order chi connectivity index (χ1) is 8.81. The lowest BCUT2D eigenvalue weighted by Gasteiger charge is -2.27. The Bertz CT molecular complexity index is 491. The third kappa shape index (κ3) is 2.23. The molecule has 1 nitrogen and oxygen atoms in total. The van der Waals surface area contributed by atoms with Gasteiger partial charge < -0.3 is 5.73 Å². The molecule has 0 bridgehead atoms. The Morgan fingerprint density at radius 1 is 1.06 bits per heavy atom. The Hall–Kier alpha value is -1.12. The van der Waals surface area contributed by atoms with Crippen molar-refractivity contribution >= 4 is 11.3 Å². The van der Waals surface area contributed by atoms with Crippen LogP contribution in [0.5, 0.6) is 0 Å². The zero-order valence-electron chi connectivity index (χ0n) is 10.6. The van der Waals surface area contributed by atoms with Gasteiger partial charge in [0.1, 0.15) is 0 Å². The molecule has 0 saturated heterocycles. The summed E-state index contributed by atoms with van der Waals surface area (Å²) in [5.41, 5.74) is 9.41. The number of thiophene rings is 1. The molecule has 0 aliphatic heterocycles. The molecule has 2 heteroatoms. The van der Waals surface area contributed by atoms with Crippen molar-refractivity contribution in [1.29, 1.82) is 0 Å². The predicted octanol–water partition coefficient (Wildman–Crippen LogP) is 3.42. The summed E-state index contributed by atoms with van der Waals surface area (Å²) in [6.45, 7) is 0.799. The van der Waals surface area contributed by atoms with Crippen LogP contribution in [-0.4, -0.2) is 6.54 Å². The van der Waals surface area contributed by atoms with Gasteiger partial charge >= 0.3 is 0 Å². The molecule has 2 N–H and O–H groups in total. The van der Waals surface area contributed by atoms with Crippen molar-refractivity contribution in [3.63, 3.8) is 0 Å². The van der Waals surface area contributed by atoms with Gasteiger partial charge in [-0.3, -0.25) is 0 Å². The van der Waals surface area contributed by atoms with Gasteiger partial charge in [0.2, 0.25) is 0 Å². The number of hydrogen-bond acceptors (Lipinski definition) is 2. The number of rotatable bonds is 4. The number of fused-ring (bicyclic) bond motifs is 1. The lowest BCUT2D eigenvalue weighted by molar-refractivity contribution is 0.291. The van der Waals surface area contributed by atoms with Crippen molar-refractivity contribution in [2.75, 3.05) is 6.54 Å². The van der Waals surface area contributed by atoms with E-state index in [2.05, 4.69) is 41.8 Å². The van der Waals surface area contributed by atoms with Crippen LogP contribution in [0.2, 0.25) is 0 Å². The monoisotopic (exact) mass is 257 g/mol. The minimum Gasteiger partial charge on any atom is -0.330 e. The lowest BCUT2D eigenvalue weighted by atomic mass is 9.80. The molecular formula is C16H19NS. The molecule has 0 fully saturated rings. The van der Waals surface area contributed by atoms with Crippen LogP contribution >= 0.6 is 11.3 Å². The first-order valence-electron chi connectivity index (χ1n) is 6.61. The molecule has 0 amide bonds. The summed E-state index contributed by atoms with van der Waals surface area (Å²) < 4.78 is 0. The van der Waals surface area contributed by atoms with Gasteiger partial charge in [-0.05, 0) is 60.2 Å². The van der Waals surface area contributed by atoms with E-state index in [-0.39, 0.29) is 0 Å². The standard InChI is InChI=1S/C16H19NS/c17-12-16(8-7-15-6-3-9-18-15)10-13-4-1-2-5-14(13)11-16/h1-6,9H,7-8,10-12,17H2. The van der Waals surface area contributed by atoms with E-state index in [0.29, 0.717) is 5.41 Å². The highest BCUT2D eigenvalue weighted by Gasteiger charge is 2.35. The predicted molar refractivity (Wildman–Crippen MR) is 78.0 cm³/mol. The van der Waals surface area contributed by atoms with Crippen molar-refractivity contribution in [1.82, 2.24) is 0 Å². The van der Waals surface area contributed by atoms with Gasteiger partial charge in [-0.15, -0.1) is 11.3 Å². The fourth-order valence-electron chi connectivity index (χ4n) is 3.04. The van der Waals surface area contributed by atoms with Gasteiger partial charge in [-0.25, -0.2) is 0 Å². The van der Waals surface area contributed by atoms with Gasteiger partial charge in [0.25, 0.3) is 0 Å². The maximum atomic E-state index is 6.09. The highest BCUT2D eigenvalue weighted by molar-refractivity contribution is 7.09. The molecule has 0 unspecified atom stereocenters. The summed E-state index contributed by atoms with van der Waals surface area (Å²) in [5.74, 6) is 0. The van der Waals surface area contributed by atoms with Crippen LogP contribution in [0.4, 0.5) is 0 Å². The summed E-state index contributed by atoms with van der Waals surface area (Å²) in [7, 11) is 0. The van der Waals surface area contributed by atoms with E-state index in [9.17, 15) is 0 Å². The summed E-state index contributed by atoms with van der Waals surface area (Å²) in [6.07, 6.45) is 4.69. The number of aryl methyl sites for hydroxylation is 1. The van der Waals surface area contributed by atoms with E-state index in [1.807, 2.05) is 11.3 Å². The zero-order valence-corrected chi connectivity index (χ0v) is 11.4. The average Bonchev–Trinajstić information content (AvgIpc) is 3.03. The lowest BCUT2D eigenvalue weighted by Crippen LogP contribution is -2.31. The van der Waals surface area contributed by atoms with Crippen molar-refractivity contribution in [3.05, 3.63) is 57.8 Å². The van der Waals surface area contributed by atoms with Crippen LogP contribution in [0, 0.1) is 5.41 Å². The van der Waals surface area contributed by atoms with E-state index in [0.717, 1.165) is 19.4 Å². The molecule has 0 atom stereocenters. The minimum atomic E-state index is 0.299. The second kappa shape index (κ2) is 4.87. The molecule has 0 saturated carbocycles. The van der Waals surface area contributed by atoms with Crippen LogP contribution in [0.25, 0.3) is 0 Å². The molecular weight excluding hydrogens is 238 g/mol. The highest BCUT2D eigenvalue weighted by Crippen LogP contribution is 2.39. The molecule has 0 spiro atoms. The third-order valence-corrected chi connectivity index (χ3v) is 5.10. The number of nitrogens with two attached hydrogens (primary N) is 1. The summed E-state index contributed by atoms with van der Waals surface area (Å²) in [4.78, 5) is 1.48. The van der Waals surface area contributed by atoms with Crippen molar-refractivity contribution in [2.24, 2.45) is 11.1 Å². The third-order valence-electron chi connectivity index (χ3n) is 4.16. The molecule has 1 aliphatic carbocycles. The Morgan fingerprint density at radius 2 is 1.78 bits per heavy atom. The van der Waals surface area contributed by atoms with Gasteiger partial charge in [0, 0.05) is 4.88 Å². The largest absolute Gasteiger partial charge is 0.330 e. The topological polar surface area (TPSA) is 26.0 Å². The van der Waals surface area contributed by atoms with Gasteiger partial charge in [-0.2, -0.15) is 0 Å². The normalized spacial score (nSPS) is 16.7. The van der Waals surface area contributed by atoms with Crippen LogP contribution in [-0.2, 0) is 19.3 Å². The maximum Gasteiger partial charge on any atom is 0.00454 e. The van der Waals surface area contributed by atoms with Gasteiger partial charge in [-0.1, -0.05) is 30.3 Å². The van der Waals surface area contributed by atoms with Crippen LogP contribution < -0.4 is 5.73 Å². The Balaban J connectivity index is 1.73. The molecule has 1 aromatic carbocycles. The highest BCUT2D eigenvalue weighted by atomic mass is 32.1. The first kappa shape index (κ1) is 11.9. The van der Waals surface area contributed by atoms with E-state index in [4.69, 9.17) is 5.73 Å². The van der Waals surface area contributed by atoms with Crippen molar-refractivity contribution in [3.8, 4) is 0 Å². The second-order valence-electron chi connectivity index (χ2n) is 5.41.